The molecule has 8 heteroatoms. The zero-order valence-electron chi connectivity index (χ0n) is 13.4. The van der Waals surface area contributed by atoms with Gasteiger partial charge in [-0.1, -0.05) is 0 Å². The van der Waals surface area contributed by atoms with Crippen LogP contribution in [-0.4, -0.2) is 44.1 Å². The number of likely N-dealkylation sites (tertiary alicyclic amines) is 1. The van der Waals surface area contributed by atoms with Crippen molar-refractivity contribution in [3.8, 4) is 10.4 Å². The monoisotopic (exact) mass is 357 g/mol. The standard InChI is InChI=1S/C17H16FN5OS/c18-17(16-19-4-1-5-20-16)2-6-23(7-3-17)15(24)12-8-14(25-11-12)13-9-21-22-10-13/h1,4-5,8-11H,2-3,6-7H2,(H,21,22). The molecule has 128 valence electrons. The molecule has 0 aromatic carbocycles. The zero-order valence-corrected chi connectivity index (χ0v) is 14.2. The van der Waals surface area contributed by atoms with Crippen LogP contribution in [0.3, 0.4) is 0 Å². The molecule has 0 radical (unpaired) electrons. The number of alkyl halides is 1. The predicted molar refractivity (Wildman–Crippen MR) is 91.9 cm³/mol. The maximum Gasteiger partial charge on any atom is 0.254 e. The third kappa shape index (κ3) is 3.05. The maximum atomic E-state index is 15.1. The van der Waals surface area contributed by atoms with E-state index in [1.807, 2.05) is 11.4 Å². The Kier molecular flexibility index (Phi) is 4.04. The third-order valence-corrected chi connectivity index (χ3v) is 5.42. The van der Waals surface area contributed by atoms with Crippen molar-refractivity contribution < 1.29 is 9.18 Å². The third-order valence-electron chi connectivity index (χ3n) is 4.44. The lowest BCUT2D eigenvalue weighted by atomic mass is 9.92. The molecule has 1 aliphatic heterocycles. The Morgan fingerprint density at radius 2 is 2.04 bits per heavy atom. The number of halogens is 1. The van der Waals surface area contributed by atoms with Crippen LogP contribution in [0.1, 0.15) is 29.0 Å². The molecule has 0 atom stereocenters. The van der Waals surface area contributed by atoms with Crippen molar-refractivity contribution in [1.29, 1.82) is 0 Å². The smallest absolute Gasteiger partial charge is 0.254 e. The van der Waals surface area contributed by atoms with E-state index in [2.05, 4.69) is 20.2 Å². The van der Waals surface area contributed by atoms with E-state index in [-0.39, 0.29) is 24.6 Å². The van der Waals surface area contributed by atoms with Crippen LogP contribution in [0.2, 0.25) is 0 Å². The Morgan fingerprint density at radius 3 is 2.72 bits per heavy atom. The predicted octanol–water partition coefficient (Wildman–Crippen LogP) is 3.03. The Morgan fingerprint density at radius 1 is 1.28 bits per heavy atom. The van der Waals surface area contributed by atoms with Gasteiger partial charge in [-0.2, -0.15) is 5.10 Å². The zero-order chi connectivity index (χ0) is 17.3. The van der Waals surface area contributed by atoms with Crippen molar-refractivity contribution in [2.45, 2.75) is 18.5 Å². The second kappa shape index (κ2) is 6.36. The normalized spacial score (nSPS) is 16.8. The van der Waals surface area contributed by atoms with E-state index in [0.717, 1.165) is 10.4 Å². The molecule has 25 heavy (non-hydrogen) atoms. The highest BCUT2D eigenvalue weighted by Crippen LogP contribution is 2.35. The van der Waals surface area contributed by atoms with Crippen molar-refractivity contribution in [3.63, 3.8) is 0 Å². The first-order valence-electron chi connectivity index (χ1n) is 7.99. The summed E-state index contributed by atoms with van der Waals surface area (Å²) in [7, 11) is 0. The van der Waals surface area contributed by atoms with Crippen LogP contribution in [-0.2, 0) is 5.67 Å². The number of rotatable bonds is 3. The lowest BCUT2D eigenvalue weighted by Crippen LogP contribution is -2.43. The van der Waals surface area contributed by atoms with Gasteiger partial charge in [0, 0.05) is 60.3 Å². The van der Waals surface area contributed by atoms with Gasteiger partial charge < -0.3 is 4.90 Å². The Bertz CT molecular complexity index is 856. The van der Waals surface area contributed by atoms with E-state index in [4.69, 9.17) is 0 Å². The fourth-order valence-electron chi connectivity index (χ4n) is 2.99. The van der Waals surface area contributed by atoms with Crippen LogP contribution < -0.4 is 0 Å². The number of carbonyl (C=O) groups is 1. The molecule has 0 spiro atoms. The van der Waals surface area contributed by atoms with Crippen molar-refractivity contribution in [2.24, 2.45) is 0 Å². The average Bonchev–Trinajstić information content (AvgIpc) is 3.34. The Labute approximate surface area is 147 Å². The van der Waals surface area contributed by atoms with Crippen molar-refractivity contribution in [1.82, 2.24) is 25.1 Å². The summed E-state index contributed by atoms with van der Waals surface area (Å²) in [4.78, 5) is 23.4. The summed E-state index contributed by atoms with van der Waals surface area (Å²) >= 11 is 1.49. The Hall–Kier alpha value is -2.61. The van der Waals surface area contributed by atoms with Gasteiger partial charge in [0.25, 0.3) is 5.91 Å². The van der Waals surface area contributed by atoms with Gasteiger partial charge >= 0.3 is 0 Å². The van der Waals surface area contributed by atoms with Crippen molar-refractivity contribution in [2.75, 3.05) is 13.1 Å². The molecular formula is C17H16FN5OS. The molecule has 1 N–H and O–H groups in total. The van der Waals surface area contributed by atoms with Gasteiger partial charge in [0.2, 0.25) is 0 Å². The first-order valence-corrected chi connectivity index (χ1v) is 8.87. The van der Waals surface area contributed by atoms with Gasteiger partial charge in [-0.05, 0) is 12.1 Å². The van der Waals surface area contributed by atoms with Crippen LogP contribution in [0.5, 0.6) is 0 Å². The number of nitrogens with one attached hydrogen (secondary N) is 1. The number of hydrogen-bond acceptors (Lipinski definition) is 5. The van der Waals surface area contributed by atoms with Crippen molar-refractivity contribution >= 4 is 17.2 Å². The molecule has 4 rings (SSSR count). The molecule has 4 heterocycles. The van der Waals surface area contributed by atoms with E-state index < -0.39 is 5.67 Å². The highest BCUT2D eigenvalue weighted by molar-refractivity contribution is 7.13. The number of aromatic nitrogens is 4. The molecule has 6 nitrogen and oxygen atoms in total. The molecule has 0 unspecified atom stereocenters. The van der Waals surface area contributed by atoms with E-state index in [1.165, 1.54) is 11.3 Å². The van der Waals surface area contributed by atoms with Gasteiger partial charge in [-0.3, -0.25) is 9.89 Å². The van der Waals surface area contributed by atoms with Crippen LogP contribution in [0.25, 0.3) is 10.4 Å². The van der Waals surface area contributed by atoms with Gasteiger partial charge in [-0.25, -0.2) is 14.4 Å². The molecule has 1 fully saturated rings. The second-order valence-electron chi connectivity index (χ2n) is 6.02. The SMILES string of the molecule is O=C(c1csc(-c2cn[nH]c2)c1)N1CCC(F)(c2ncccn2)CC1. The molecule has 3 aromatic rings. The van der Waals surface area contributed by atoms with Gasteiger partial charge in [0.05, 0.1) is 11.8 Å². The lowest BCUT2D eigenvalue weighted by molar-refractivity contribution is 0.0381. The van der Waals surface area contributed by atoms with Gasteiger partial charge in [0.1, 0.15) is 0 Å². The number of aromatic amines is 1. The summed E-state index contributed by atoms with van der Waals surface area (Å²) in [6, 6.07) is 3.52. The summed E-state index contributed by atoms with van der Waals surface area (Å²) in [6.07, 6.45) is 7.02. The molecule has 0 aliphatic carbocycles. The van der Waals surface area contributed by atoms with Crippen LogP contribution in [0.15, 0.2) is 42.3 Å². The molecule has 0 bridgehead atoms. The fraction of sp³-hybridized carbons (Fsp3) is 0.294. The summed E-state index contributed by atoms with van der Waals surface area (Å²) in [5.74, 6) is 0.141. The second-order valence-corrected chi connectivity index (χ2v) is 6.93. The number of thiophene rings is 1. The number of H-pyrrole nitrogens is 1. The lowest BCUT2D eigenvalue weighted by Gasteiger charge is -2.35. The molecule has 1 aliphatic rings. The highest BCUT2D eigenvalue weighted by atomic mass is 32.1. The first-order chi connectivity index (χ1) is 12.2. The fourth-order valence-corrected chi connectivity index (χ4v) is 3.85. The largest absolute Gasteiger partial charge is 0.338 e. The number of hydrogen-bond donors (Lipinski definition) is 1. The van der Waals surface area contributed by atoms with Crippen LogP contribution in [0.4, 0.5) is 4.39 Å². The van der Waals surface area contributed by atoms with E-state index in [0.29, 0.717) is 18.7 Å². The topological polar surface area (TPSA) is 74.8 Å². The molecule has 0 saturated carbocycles. The van der Waals surface area contributed by atoms with Crippen LogP contribution >= 0.6 is 11.3 Å². The van der Waals surface area contributed by atoms with E-state index in [9.17, 15) is 4.79 Å². The van der Waals surface area contributed by atoms with Gasteiger partial charge in [-0.15, -0.1) is 11.3 Å². The van der Waals surface area contributed by atoms with E-state index in [1.54, 1.807) is 35.8 Å². The van der Waals surface area contributed by atoms with Crippen molar-refractivity contribution in [3.05, 3.63) is 53.7 Å². The number of carbonyl (C=O) groups excluding carboxylic acids is 1. The van der Waals surface area contributed by atoms with E-state index >= 15 is 4.39 Å². The molecule has 1 amide bonds. The highest BCUT2D eigenvalue weighted by Gasteiger charge is 2.40. The summed E-state index contributed by atoms with van der Waals surface area (Å²) < 4.78 is 15.1. The number of nitrogens with zero attached hydrogens (tertiary/aromatic N) is 4. The minimum atomic E-state index is -1.56. The minimum absolute atomic E-state index is 0.0676. The summed E-state index contributed by atoms with van der Waals surface area (Å²) in [5, 5.41) is 8.52. The number of piperidine rings is 1. The maximum absolute atomic E-state index is 15.1. The van der Waals surface area contributed by atoms with Gasteiger partial charge in [0.15, 0.2) is 11.5 Å². The minimum Gasteiger partial charge on any atom is -0.338 e. The summed E-state index contributed by atoms with van der Waals surface area (Å²) in [6.45, 7) is 0.703. The van der Waals surface area contributed by atoms with Crippen LogP contribution in [0, 0.1) is 0 Å². The molecule has 1 saturated heterocycles. The average molecular weight is 357 g/mol. The molecular weight excluding hydrogens is 341 g/mol. The molecule has 3 aromatic heterocycles. The first kappa shape index (κ1) is 15.9. The summed E-state index contributed by atoms with van der Waals surface area (Å²) in [5.41, 5.74) is 0.0180. The quantitative estimate of drug-likeness (QED) is 0.782. The number of amides is 1. The Balaban J connectivity index is 1.45.